The van der Waals surface area contributed by atoms with Crippen LogP contribution in [0, 0.1) is 5.92 Å². The zero-order valence-corrected chi connectivity index (χ0v) is 10.1. The molecule has 15 heavy (non-hydrogen) atoms. The van der Waals surface area contributed by atoms with Crippen LogP contribution in [0.5, 0.6) is 0 Å². The Bertz CT molecular complexity index is 223. The summed E-state index contributed by atoms with van der Waals surface area (Å²) in [6.45, 7) is 5.09. The molecule has 1 aliphatic carbocycles. The summed E-state index contributed by atoms with van der Waals surface area (Å²) in [7, 11) is 0. The van der Waals surface area contributed by atoms with Gasteiger partial charge in [0.2, 0.25) is 5.91 Å². The summed E-state index contributed by atoms with van der Waals surface area (Å²) in [6, 6.07) is 0. The average molecular weight is 228 g/mol. The van der Waals surface area contributed by atoms with Crippen LogP contribution in [0.15, 0.2) is 0 Å². The second kappa shape index (κ2) is 5.21. The molecule has 1 aliphatic heterocycles. The number of carbonyl (C=O) groups excluding carboxylic acids is 1. The van der Waals surface area contributed by atoms with Crippen molar-refractivity contribution in [1.82, 2.24) is 9.80 Å². The van der Waals surface area contributed by atoms with Gasteiger partial charge in [-0.3, -0.25) is 9.69 Å². The van der Waals surface area contributed by atoms with E-state index < -0.39 is 0 Å². The number of hydrogen-bond acceptors (Lipinski definition) is 3. The second-order valence-electron chi connectivity index (χ2n) is 4.52. The van der Waals surface area contributed by atoms with Crippen LogP contribution < -0.4 is 0 Å². The van der Waals surface area contributed by atoms with Crippen LogP contribution in [0.3, 0.4) is 0 Å². The number of nitrogens with zero attached hydrogens (tertiary/aromatic N) is 2. The maximum absolute atomic E-state index is 11.8. The summed E-state index contributed by atoms with van der Waals surface area (Å²) in [4.78, 5) is 16.3. The molecule has 0 N–H and O–H groups in total. The third-order valence-corrected chi connectivity index (χ3v) is 3.56. The highest BCUT2D eigenvalue weighted by atomic mass is 32.1. The van der Waals surface area contributed by atoms with Gasteiger partial charge in [-0.15, -0.1) is 0 Å². The third kappa shape index (κ3) is 3.11. The molecule has 1 heterocycles. The maximum atomic E-state index is 11.8. The van der Waals surface area contributed by atoms with Crippen LogP contribution in [0.25, 0.3) is 0 Å². The van der Waals surface area contributed by atoms with Gasteiger partial charge in [0.05, 0.1) is 0 Å². The van der Waals surface area contributed by atoms with E-state index in [-0.39, 0.29) is 0 Å². The SMILES string of the molecule is O=C(C1CC1)N1CCN(CCCS)CC1. The topological polar surface area (TPSA) is 23.6 Å². The van der Waals surface area contributed by atoms with Gasteiger partial charge in [0.1, 0.15) is 0 Å². The van der Waals surface area contributed by atoms with Crippen molar-refractivity contribution in [3.05, 3.63) is 0 Å². The van der Waals surface area contributed by atoms with E-state index in [1.807, 2.05) is 0 Å². The van der Waals surface area contributed by atoms with Crippen LogP contribution >= 0.6 is 12.6 Å². The smallest absolute Gasteiger partial charge is 0.225 e. The third-order valence-electron chi connectivity index (χ3n) is 3.24. The Labute approximate surface area is 97.2 Å². The van der Waals surface area contributed by atoms with Gasteiger partial charge >= 0.3 is 0 Å². The van der Waals surface area contributed by atoms with Crippen molar-refractivity contribution in [3.8, 4) is 0 Å². The Morgan fingerprint density at radius 3 is 2.40 bits per heavy atom. The first-order chi connectivity index (χ1) is 7.31. The number of amides is 1. The van der Waals surface area contributed by atoms with Gasteiger partial charge in [-0.2, -0.15) is 12.6 Å². The predicted octanol–water partition coefficient (Wildman–Crippen LogP) is 0.860. The van der Waals surface area contributed by atoms with Crippen molar-refractivity contribution in [2.75, 3.05) is 38.5 Å². The molecule has 2 fully saturated rings. The van der Waals surface area contributed by atoms with Gasteiger partial charge < -0.3 is 4.90 Å². The number of thiol groups is 1. The lowest BCUT2D eigenvalue weighted by atomic mass is 10.2. The summed E-state index contributed by atoms with van der Waals surface area (Å²) in [5.74, 6) is 1.75. The Hall–Kier alpha value is -0.220. The molecule has 2 rings (SSSR count). The molecule has 3 nitrogen and oxygen atoms in total. The molecule has 0 atom stereocenters. The minimum Gasteiger partial charge on any atom is -0.340 e. The van der Waals surface area contributed by atoms with E-state index >= 15 is 0 Å². The largest absolute Gasteiger partial charge is 0.340 e. The Morgan fingerprint density at radius 2 is 1.87 bits per heavy atom. The predicted molar refractivity (Wildman–Crippen MR) is 64.2 cm³/mol. The van der Waals surface area contributed by atoms with Crippen molar-refractivity contribution in [3.63, 3.8) is 0 Å². The quantitative estimate of drug-likeness (QED) is 0.722. The Balaban J connectivity index is 1.69. The minimum atomic E-state index is 0.383. The van der Waals surface area contributed by atoms with Crippen molar-refractivity contribution in [2.24, 2.45) is 5.92 Å². The molecular formula is C11H20N2OS. The molecule has 0 spiro atoms. The fourth-order valence-electron chi connectivity index (χ4n) is 2.07. The number of piperazine rings is 1. The van der Waals surface area contributed by atoms with Crippen LogP contribution in [-0.2, 0) is 4.79 Å². The van der Waals surface area contributed by atoms with E-state index in [9.17, 15) is 4.79 Å². The van der Waals surface area contributed by atoms with Crippen molar-refractivity contribution >= 4 is 18.5 Å². The lowest BCUT2D eigenvalue weighted by molar-refractivity contribution is -0.134. The fourth-order valence-corrected chi connectivity index (χ4v) is 2.22. The zero-order valence-electron chi connectivity index (χ0n) is 9.19. The first-order valence-corrected chi connectivity index (χ1v) is 6.56. The lowest BCUT2D eigenvalue weighted by Gasteiger charge is -2.34. The first kappa shape index (κ1) is 11.3. The van der Waals surface area contributed by atoms with E-state index in [1.165, 1.54) is 0 Å². The van der Waals surface area contributed by atoms with E-state index in [2.05, 4.69) is 22.4 Å². The molecule has 4 heteroatoms. The molecule has 1 amide bonds. The van der Waals surface area contributed by atoms with Crippen LogP contribution in [-0.4, -0.2) is 54.2 Å². The lowest BCUT2D eigenvalue weighted by Crippen LogP contribution is -2.49. The molecule has 1 saturated heterocycles. The molecule has 0 aromatic heterocycles. The standard InChI is InChI=1S/C11H20N2OS/c14-11(10-2-3-10)13-7-5-12(6-8-13)4-1-9-15/h10,15H,1-9H2. The Kier molecular flexibility index (Phi) is 3.92. The fraction of sp³-hybridized carbons (Fsp3) is 0.909. The van der Waals surface area contributed by atoms with E-state index in [0.29, 0.717) is 11.8 Å². The monoisotopic (exact) mass is 228 g/mol. The van der Waals surface area contributed by atoms with Crippen LogP contribution in [0.2, 0.25) is 0 Å². The van der Waals surface area contributed by atoms with Gasteiger partial charge in [-0.05, 0) is 31.6 Å². The average Bonchev–Trinajstić information content (AvgIpc) is 3.10. The highest BCUT2D eigenvalue weighted by Crippen LogP contribution is 2.31. The summed E-state index contributed by atoms with van der Waals surface area (Å²) in [6.07, 6.45) is 3.40. The van der Waals surface area contributed by atoms with Gasteiger partial charge in [0, 0.05) is 32.1 Å². The van der Waals surface area contributed by atoms with Crippen molar-refractivity contribution in [1.29, 1.82) is 0 Å². The van der Waals surface area contributed by atoms with Crippen LogP contribution in [0.1, 0.15) is 19.3 Å². The zero-order chi connectivity index (χ0) is 10.7. The maximum Gasteiger partial charge on any atom is 0.225 e. The van der Waals surface area contributed by atoms with Gasteiger partial charge in [-0.25, -0.2) is 0 Å². The molecule has 86 valence electrons. The minimum absolute atomic E-state index is 0.383. The van der Waals surface area contributed by atoms with Gasteiger partial charge in [0.15, 0.2) is 0 Å². The summed E-state index contributed by atoms with van der Waals surface area (Å²) < 4.78 is 0. The molecule has 1 saturated carbocycles. The highest BCUT2D eigenvalue weighted by Gasteiger charge is 2.34. The molecule has 0 aromatic rings. The van der Waals surface area contributed by atoms with Gasteiger partial charge in [-0.1, -0.05) is 0 Å². The summed E-state index contributed by atoms with van der Waals surface area (Å²) in [5.41, 5.74) is 0. The number of carbonyl (C=O) groups is 1. The molecule has 0 unspecified atom stereocenters. The van der Waals surface area contributed by atoms with Crippen molar-refractivity contribution < 1.29 is 4.79 Å². The van der Waals surface area contributed by atoms with E-state index in [0.717, 1.165) is 57.7 Å². The van der Waals surface area contributed by atoms with E-state index in [4.69, 9.17) is 0 Å². The number of rotatable bonds is 4. The normalized spacial score (nSPS) is 23.1. The Morgan fingerprint density at radius 1 is 1.20 bits per heavy atom. The number of hydrogen-bond donors (Lipinski definition) is 1. The molecular weight excluding hydrogens is 208 g/mol. The van der Waals surface area contributed by atoms with Crippen LogP contribution in [0.4, 0.5) is 0 Å². The molecule has 0 radical (unpaired) electrons. The van der Waals surface area contributed by atoms with Crippen molar-refractivity contribution in [2.45, 2.75) is 19.3 Å². The summed E-state index contributed by atoms with van der Waals surface area (Å²) in [5, 5.41) is 0. The van der Waals surface area contributed by atoms with E-state index in [1.54, 1.807) is 0 Å². The highest BCUT2D eigenvalue weighted by molar-refractivity contribution is 7.80. The van der Waals surface area contributed by atoms with Gasteiger partial charge in [0.25, 0.3) is 0 Å². The summed E-state index contributed by atoms with van der Waals surface area (Å²) >= 11 is 4.21. The molecule has 0 aromatic carbocycles. The molecule has 0 bridgehead atoms. The molecule has 2 aliphatic rings. The first-order valence-electron chi connectivity index (χ1n) is 5.93. The second-order valence-corrected chi connectivity index (χ2v) is 4.97.